The molecule has 2 N–H and O–H groups in total. The van der Waals surface area contributed by atoms with E-state index in [-0.39, 0.29) is 5.97 Å². The summed E-state index contributed by atoms with van der Waals surface area (Å²) in [7, 11) is 1.36. The summed E-state index contributed by atoms with van der Waals surface area (Å²) in [6.45, 7) is 4.66. The van der Waals surface area contributed by atoms with Gasteiger partial charge in [0.2, 0.25) is 5.95 Å². The molecular weight excluding hydrogens is 340 g/mol. The molecule has 0 atom stereocenters. The van der Waals surface area contributed by atoms with Crippen LogP contribution in [0.5, 0.6) is 0 Å². The minimum atomic E-state index is -0.385. The molecule has 6 heteroatoms. The van der Waals surface area contributed by atoms with Crippen LogP contribution in [0.2, 0.25) is 0 Å². The van der Waals surface area contributed by atoms with Crippen LogP contribution in [0.1, 0.15) is 27.2 Å². The number of anilines is 3. The van der Waals surface area contributed by atoms with E-state index >= 15 is 0 Å². The molecule has 27 heavy (non-hydrogen) atoms. The van der Waals surface area contributed by atoms with Crippen LogP contribution in [-0.2, 0) is 11.3 Å². The average molecular weight is 362 g/mol. The number of ether oxygens (including phenoxy) is 1. The summed E-state index contributed by atoms with van der Waals surface area (Å²) >= 11 is 0. The Morgan fingerprint density at radius 1 is 1.04 bits per heavy atom. The minimum absolute atomic E-state index is 0.385. The molecule has 0 aliphatic rings. The third-order valence-corrected chi connectivity index (χ3v) is 3.95. The molecule has 1 aromatic heterocycles. The third-order valence-electron chi connectivity index (χ3n) is 3.95. The second kappa shape index (κ2) is 8.31. The molecule has 0 saturated carbocycles. The smallest absolute Gasteiger partial charge is 0.337 e. The summed E-state index contributed by atoms with van der Waals surface area (Å²) in [4.78, 5) is 20.6. The molecule has 2 aromatic carbocycles. The van der Waals surface area contributed by atoms with E-state index in [2.05, 4.69) is 45.7 Å². The highest BCUT2D eigenvalue weighted by molar-refractivity contribution is 5.90. The number of nitrogens with one attached hydrogen (secondary N) is 2. The first-order valence-corrected chi connectivity index (χ1v) is 8.64. The lowest BCUT2D eigenvalue weighted by Crippen LogP contribution is -2.06. The summed E-state index contributed by atoms with van der Waals surface area (Å²) < 4.78 is 4.75. The molecule has 0 saturated heterocycles. The van der Waals surface area contributed by atoms with Crippen molar-refractivity contribution in [3.8, 4) is 0 Å². The van der Waals surface area contributed by atoms with E-state index in [1.54, 1.807) is 18.2 Å². The molecule has 0 amide bonds. The van der Waals surface area contributed by atoms with Crippen molar-refractivity contribution in [2.75, 3.05) is 17.7 Å². The lowest BCUT2D eigenvalue weighted by Gasteiger charge is -2.11. The largest absolute Gasteiger partial charge is 0.465 e. The Balaban J connectivity index is 1.74. The van der Waals surface area contributed by atoms with E-state index in [0.717, 1.165) is 11.5 Å². The molecule has 0 bridgehead atoms. The Labute approximate surface area is 158 Å². The van der Waals surface area contributed by atoms with Gasteiger partial charge in [0.15, 0.2) is 0 Å². The van der Waals surface area contributed by atoms with Crippen molar-refractivity contribution in [3.63, 3.8) is 0 Å². The maximum Gasteiger partial charge on any atom is 0.337 e. The molecule has 3 aromatic rings. The number of aryl methyl sites for hydroxylation is 2. The fourth-order valence-electron chi connectivity index (χ4n) is 2.70. The number of aromatic nitrogens is 2. The molecule has 6 nitrogen and oxygen atoms in total. The Morgan fingerprint density at radius 2 is 1.85 bits per heavy atom. The molecule has 0 aliphatic carbocycles. The third kappa shape index (κ3) is 5.04. The molecule has 0 fully saturated rings. The van der Waals surface area contributed by atoms with Crippen LogP contribution in [0.25, 0.3) is 0 Å². The zero-order chi connectivity index (χ0) is 19.2. The van der Waals surface area contributed by atoms with Gasteiger partial charge in [0.1, 0.15) is 5.82 Å². The van der Waals surface area contributed by atoms with Gasteiger partial charge in [-0.05, 0) is 37.6 Å². The summed E-state index contributed by atoms with van der Waals surface area (Å²) in [5.74, 6) is 0.809. The molecule has 0 spiro atoms. The van der Waals surface area contributed by atoms with Gasteiger partial charge >= 0.3 is 5.97 Å². The van der Waals surface area contributed by atoms with Gasteiger partial charge in [-0.15, -0.1) is 0 Å². The summed E-state index contributed by atoms with van der Waals surface area (Å²) in [6.07, 6.45) is 0. The van der Waals surface area contributed by atoms with Gasteiger partial charge in [-0.3, -0.25) is 0 Å². The fraction of sp³-hybridized carbons (Fsp3) is 0.190. The Bertz CT molecular complexity index is 956. The van der Waals surface area contributed by atoms with Crippen molar-refractivity contribution in [1.29, 1.82) is 0 Å². The lowest BCUT2D eigenvalue weighted by atomic mass is 10.1. The molecule has 1 heterocycles. The number of hydrogen-bond acceptors (Lipinski definition) is 6. The van der Waals surface area contributed by atoms with Crippen LogP contribution in [0.4, 0.5) is 17.5 Å². The van der Waals surface area contributed by atoms with Crippen molar-refractivity contribution in [2.24, 2.45) is 0 Å². The number of methoxy groups -OCH3 is 1. The lowest BCUT2D eigenvalue weighted by molar-refractivity contribution is 0.0601. The second-order valence-corrected chi connectivity index (χ2v) is 6.26. The number of benzene rings is 2. The molecule has 3 rings (SSSR count). The summed E-state index contributed by atoms with van der Waals surface area (Å²) in [6, 6.07) is 17.2. The molecule has 138 valence electrons. The Morgan fingerprint density at radius 3 is 2.63 bits per heavy atom. The van der Waals surface area contributed by atoms with Gasteiger partial charge in [0.05, 0.1) is 12.7 Å². The van der Waals surface area contributed by atoms with Crippen molar-refractivity contribution in [2.45, 2.75) is 20.4 Å². The topological polar surface area (TPSA) is 76.1 Å². The molecule has 0 aliphatic heterocycles. The van der Waals surface area contributed by atoms with Crippen LogP contribution in [0.15, 0.2) is 54.6 Å². The number of nitrogens with zero attached hydrogens (tertiary/aromatic N) is 2. The maximum atomic E-state index is 11.7. The Hall–Kier alpha value is -3.41. The van der Waals surface area contributed by atoms with Gasteiger partial charge in [0, 0.05) is 24.0 Å². The van der Waals surface area contributed by atoms with Gasteiger partial charge < -0.3 is 15.4 Å². The average Bonchev–Trinajstić information content (AvgIpc) is 2.65. The predicted octanol–water partition coefficient (Wildman–Crippen LogP) is 4.24. The first-order valence-electron chi connectivity index (χ1n) is 8.64. The van der Waals surface area contributed by atoms with E-state index < -0.39 is 0 Å². The van der Waals surface area contributed by atoms with E-state index in [1.165, 1.54) is 18.2 Å². The number of rotatable bonds is 6. The maximum absolute atomic E-state index is 11.7. The molecule has 0 radical (unpaired) electrons. The highest BCUT2D eigenvalue weighted by atomic mass is 16.5. The SMILES string of the molecule is COC(=O)c1cccc(Nc2nc(C)cc(NCc3cccc(C)c3)n2)c1. The van der Waals surface area contributed by atoms with Gasteiger partial charge in [0.25, 0.3) is 0 Å². The monoisotopic (exact) mass is 362 g/mol. The molecule has 0 unspecified atom stereocenters. The normalized spacial score (nSPS) is 10.3. The first-order chi connectivity index (χ1) is 13.0. The zero-order valence-electron chi connectivity index (χ0n) is 15.6. The number of hydrogen-bond donors (Lipinski definition) is 2. The number of esters is 1. The van der Waals surface area contributed by atoms with Crippen LogP contribution >= 0.6 is 0 Å². The van der Waals surface area contributed by atoms with Crippen LogP contribution in [0, 0.1) is 13.8 Å². The van der Waals surface area contributed by atoms with E-state index in [0.29, 0.717) is 23.7 Å². The van der Waals surface area contributed by atoms with Crippen molar-refractivity contribution >= 4 is 23.4 Å². The van der Waals surface area contributed by atoms with Gasteiger partial charge in [-0.2, -0.15) is 4.98 Å². The fourth-order valence-corrected chi connectivity index (χ4v) is 2.70. The second-order valence-electron chi connectivity index (χ2n) is 6.26. The van der Waals surface area contributed by atoms with Crippen molar-refractivity contribution in [3.05, 3.63) is 77.0 Å². The van der Waals surface area contributed by atoms with Crippen LogP contribution < -0.4 is 10.6 Å². The quantitative estimate of drug-likeness (QED) is 0.639. The van der Waals surface area contributed by atoms with Crippen LogP contribution in [0.3, 0.4) is 0 Å². The van der Waals surface area contributed by atoms with Crippen molar-refractivity contribution in [1.82, 2.24) is 9.97 Å². The van der Waals surface area contributed by atoms with E-state index in [4.69, 9.17) is 4.74 Å². The standard InChI is InChI=1S/C21H22N4O2/c1-14-6-4-7-16(10-14)13-22-19-11-15(2)23-21(25-19)24-18-9-5-8-17(12-18)20(26)27-3/h4-12H,13H2,1-3H3,(H2,22,23,24,25). The Kier molecular flexibility index (Phi) is 5.66. The zero-order valence-corrected chi connectivity index (χ0v) is 15.6. The minimum Gasteiger partial charge on any atom is -0.465 e. The summed E-state index contributed by atoms with van der Waals surface area (Å²) in [5, 5.41) is 6.47. The summed E-state index contributed by atoms with van der Waals surface area (Å²) in [5.41, 5.74) is 4.43. The number of carbonyl (C=O) groups is 1. The number of carbonyl (C=O) groups excluding carboxylic acids is 1. The highest BCUT2D eigenvalue weighted by Gasteiger charge is 2.08. The van der Waals surface area contributed by atoms with Gasteiger partial charge in [-0.25, -0.2) is 9.78 Å². The van der Waals surface area contributed by atoms with E-state index in [1.807, 2.05) is 25.1 Å². The van der Waals surface area contributed by atoms with E-state index in [9.17, 15) is 4.79 Å². The van der Waals surface area contributed by atoms with Gasteiger partial charge in [-0.1, -0.05) is 35.9 Å². The molecular formula is C21H22N4O2. The van der Waals surface area contributed by atoms with Crippen LogP contribution in [-0.4, -0.2) is 23.0 Å². The van der Waals surface area contributed by atoms with Crippen molar-refractivity contribution < 1.29 is 9.53 Å². The first kappa shape index (κ1) is 18.4. The highest BCUT2D eigenvalue weighted by Crippen LogP contribution is 2.18. The predicted molar refractivity (Wildman–Crippen MR) is 106 cm³/mol.